The van der Waals surface area contributed by atoms with Crippen LogP contribution in [0.1, 0.15) is 38.3 Å². The molecule has 10 heteroatoms. The van der Waals surface area contributed by atoms with Gasteiger partial charge in [0, 0.05) is 19.7 Å². The second-order valence-corrected chi connectivity index (χ2v) is 11.2. The van der Waals surface area contributed by atoms with Crippen LogP contribution in [0.5, 0.6) is 0 Å². The molecule has 0 spiro atoms. The molecular formula is C30H42N3O7-. The first-order chi connectivity index (χ1) is 19.0. The van der Waals surface area contributed by atoms with Crippen molar-refractivity contribution in [2.45, 2.75) is 76.0 Å². The van der Waals surface area contributed by atoms with Gasteiger partial charge in [-0.2, -0.15) is 0 Å². The molecule has 2 aromatic carbocycles. The van der Waals surface area contributed by atoms with E-state index in [2.05, 4.69) is 10.6 Å². The minimum Gasteiger partial charge on any atom is -0.530 e. The predicted molar refractivity (Wildman–Crippen MR) is 149 cm³/mol. The van der Waals surface area contributed by atoms with E-state index in [1.807, 2.05) is 60.7 Å². The summed E-state index contributed by atoms with van der Waals surface area (Å²) in [4.78, 5) is 25.9. The molecule has 5 atom stereocenters. The lowest BCUT2D eigenvalue weighted by atomic mass is 9.97. The number of aliphatic hydroxyl groups excluding tert-OH is 2. The molecule has 2 aromatic rings. The summed E-state index contributed by atoms with van der Waals surface area (Å²) in [5.74, 6) is 0. The van der Waals surface area contributed by atoms with E-state index in [0.717, 1.165) is 11.1 Å². The lowest BCUT2D eigenvalue weighted by Gasteiger charge is -2.40. The van der Waals surface area contributed by atoms with Crippen LogP contribution in [-0.2, 0) is 22.3 Å². The zero-order chi connectivity index (χ0) is 29.1. The van der Waals surface area contributed by atoms with E-state index in [1.54, 1.807) is 20.8 Å². The van der Waals surface area contributed by atoms with Crippen LogP contribution in [0.3, 0.4) is 0 Å². The number of benzene rings is 2. The Labute approximate surface area is 236 Å². The van der Waals surface area contributed by atoms with E-state index in [0.29, 0.717) is 19.4 Å². The number of carboxylic acid groups (broad SMARTS) is 1. The molecule has 0 aliphatic carbocycles. The van der Waals surface area contributed by atoms with Crippen molar-refractivity contribution >= 4 is 12.2 Å². The van der Waals surface area contributed by atoms with E-state index < -0.39 is 48.1 Å². The summed E-state index contributed by atoms with van der Waals surface area (Å²) >= 11 is 0. The third-order valence-corrected chi connectivity index (χ3v) is 6.77. The monoisotopic (exact) mass is 556 g/mol. The van der Waals surface area contributed by atoms with Crippen molar-refractivity contribution in [3.63, 3.8) is 0 Å². The molecule has 220 valence electrons. The molecule has 1 aliphatic rings. The zero-order valence-electron chi connectivity index (χ0n) is 23.5. The summed E-state index contributed by atoms with van der Waals surface area (Å²) in [5.41, 5.74) is 1.10. The molecule has 10 nitrogen and oxygen atoms in total. The number of rotatable bonds is 13. The summed E-state index contributed by atoms with van der Waals surface area (Å²) in [5, 5.41) is 40.3. The first-order valence-electron chi connectivity index (χ1n) is 13.7. The fourth-order valence-corrected chi connectivity index (χ4v) is 4.84. The second-order valence-electron chi connectivity index (χ2n) is 11.2. The van der Waals surface area contributed by atoms with Gasteiger partial charge >= 0.3 is 6.09 Å². The van der Waals surface area contributed by atoms with Crippen LogP contribution in [0.2, 0.25) is 0 Å². The maximum atomic E-state index is 12.5. The van der Waals surface area contributed by atoms with Gasteiger partial charge in [0.1, 0.15) is 11.7 Å². The first-order valence-corrected chi connectivity index (χ1v) is 13.7. The largest absolute Gasteiger partial charge is 0.530 e. The zero-order valence-corrected chi connectivity index (χ0v) is 23.5. The molecule has 1 unspecified atom stereocenters. The molecule has 2 amide bonds. The third kappa shape index (κ3) is 10.1. The normalized spacial score (nSPS) is 18.4. The number of amides is 2. The highest BCUT2D eigenvalue weighted by atomic mass is 16.6. The lowest BCUT2D eigenvalue weighted by Crippen LogP contribution is -2.59. The maximum absolute atomic E-state index is 12.5. The van der Waals surface area contributed by atoms with Crippen LogP contribution in [0.4, 0.5) is 9.59 Å². The van der Waals surface area contributed by atoms with Gasteiger partial charge in [-0.3, -0.25) is 0 Å². The Bertz CT molecular complexity index is 1040. The van der Waals surface area contributed by atoms with Crippen LogP contribution in [0.25, 0.3) is 0 Å². The Balaban J connectivity index is 1.67. The van der Waals surface area contributed by atoms with Crippen LogP contribution < -0.4 is 15.7 Å². The molecule has 0 radical (unpaired) electrons. The Hall–Kier alpha value is -3.18. The van der Waals surface area contributed by atoms with Gasteiger partial charge in [-0.15, -0.1) is 0 Å². The smallest absolute Gasteiger partial charge is 0.407 e. The van der Waals surface area contributed by atoms with Crippen LogP contribution in [0.15, 0.2) is 60.7 Å². The van der Waals surface area contributed by atoms with E-state index in [4.69, 9.17) is 9.47 Å². The summed E-state index contributed by atoms with van der Waals surface area (Å²) in [6, 6.07) is 16.9. The number of ether oxygens (including phenoxy) is 2. The molecule has 0 aromatic heterocycles. The lowest BCUT2D eigenvalue weighted by molar-refractivity contribution is -0.272. The van der Waals surface area contributed by atoms with Crippen molar-refractivity contribution in [3.8, 4) is 0 Å². The van der Waals surface area contributed by atoms with Crippen molar-refractivity contribution in [2.24, 2.45) is 0 Å². The summed E-state index contributed by atoms with van der Waals surface area (Å²) in [7, 11) is 0. The molecule has 40 heavy (non-hydrogen) atoms. The van der Waals surface area contributed by atoms with Crippen molar-refractivity contribution in [3.05, 3.63) is 71.8 Å². The van der Waals surface area contributed by atoms with Gasteiger partial charge in [-0.25, -0.2) is 4.79 Å². The molecule has 1 saturated heterocycles. The fraction of sp³-hybridized carbons (Fsp3) is 0.533. The van der Waals surface area contributed by atoms with Crippen LogP contribution in [0, 0.1) is 0 Å². The van der Waals surface area contributed by atoms with Crippen LogP contribution >= 0.6 is 0 Å². The van der Waals surface area contributed by atoms with Gasteiger partial charge in [-0.05, 0) is 51.2 Å². The highest BCUT2D eigenvalue weighted by molar-refractivity contribution is 5.68. The van der Waals surface area contributed by atoms with Gasteiger partial charge < -0.3 is 45.1 Å². The van der Waals surface area contributed by atoms with Gasteiger partial charge in [0.2, 0.25) is 0 Å². The minimum absolute atomic E-state index is 0.0103. The summed E-state index contributed by atoms with van der Waals surface area (Å²) in [6.45, 7) is 6.03. The minimum atomic E-state index is -1.36. The van der Waals surface area contributed by atoms with Gasteiger partial charge in [-0.1, -0.05) is 60.7 Å². The topological polar surface area (TPSA) is 143 Å². The number of nitrogens with zero attached hydrogens (tertiary/aromatic N) is 1. The predicted octanol–water partition coefficient (Wildman–Crippen LogP) is 1.48. The second kappa shape index (κ2) is 15.0. The van der Waals surface area contributed by atoms with E-state index in [1.165, 1.54) is 4.90 Å². The summed E-state index contributed by atoms with van der Waals surface area (Å²) < 4.78 is 10.8. The molecule has 3 rings (SSSR count). The molecule has 1 fully saturated rings. The highest BCUT2D eigenvalue weighted by Crippen LogP contribution is 2.21. The first kappa shape index (κ1) is 31.3. The number of alkyl carbamates (subject to hydrolysis) is 1. The fourth-order valence-electron chi connectivity index (χ4n) is 4.84. The van der Waals surface area contributed by atoms with Crippen molar-refractivity contribution in [1.29, 1.82) is 0 Å². The van der Waals surface area contributed by atoms with E-state index in [9.17, 15) is 24.9 Å². The SMILES string of the molecule is CC(C)(C)OC(=O)N[C@@H](Cc1ccccc1)[C@H](O)CNC[C@@H](O)[C@H](Cc1ccccc1)N(C(=O)[O-])C1CCOC1. The average molecular weight is 557 g/mol. The average Bonchev–Trinajstić information content (AvgIpc) is 3.42. The van der Waals surface area contributed by atoms with Crippen molar-refractivity contribution in [1.82, 2.24) is 15.5 Å². The molecule has 4 N–H and O–H groups in total. The Kier molecular flexibility index (Phi) is 11.8. The van der Waals surface area contributed by atoms with E-state index >= 15 is 0 Å². The number of aliphatic hydroxyl groups is 2. The number of hydrogen-bond acceptors (Lipinski definition) is 8. The van der Waals surface area contributed by atoms with E-state index in [-0.39, 0.29) is 26.1 Å². The van der Waals surface area contributed by atoms with Gasteiger partial charge in [0.15, 0.2) is 0 Å². The Morgan fingerprint density at radius 3 is 2.10 bits per heavy atom. The van der Waals surface area contributed by atoms with Crippen LogP contribution in [-0.4, -0.2) is 89.5 Å². The number of carbonyl (C=O) groups is 2. The molecular weight excluding hydrogens is 514 g/mol. The van der Waals surface area contributed by atoms with Gasteiger partial charge in [0.05, 0.1) is 36.9 Å². The Morgan fingerprint density at radius 2 is 1.57 bits per heavy atom. The standard InChI is InChI=1S/C30H43N3O7/c1-30(2,3)40-28(36)32-24(16-21-10-6-4-7-11-21)26(34)18-31-19-27(35)25(17-22-12-8-5-9-13-22)33(29(37)38)23-14-15-39-20-23/h4-13,23-27,31,34-35H,14-20H2,1-3H3,(H,32,36)(H,37,38)/p-1/t23?,24-,25-,26+,27+/m0/s1. The number of carbonyl (C=O) groups excluding carboxylic acids is 2. The molecule has 0 bridgehead atoms. The molecule has 0 saturated carbocycles. The third-order valence-electron chi connectivity index (χ3n) is 6.77. The van der Waals surface area contributed by atoms with Crippen molar-refractivity contribution < 1.29 is 34.4 Å². The molecule has 1 aliphatic heterocycles. The summed E-state index contributed by atoms with van der Waals surface area (Å²) in [6.07, 6.45) is -2.95. The van der Waals surface area contributed by atoms with Crippen molar-refractivity contribution in [2.75, 3.05) is 26.3 Å². The maximum Gasteiger partial charge on any atom is 0.407 e. The highest BCUT2D eigenvalue weighted by Gasteiger charge is 2.34. The quantitative estimate of drug-likeness (QED) is 0.291. The number of nitrogens with one attached hydrogen (secondary N) is 2. The number of hydrogen-bond donors (Lipinski definition) is 4. The Morgan fingerprint density at radius 1 is 1.00 bits per heavy atom. The molecule has 1 heterocycles. The van der Waals surface area contributed by atoms with Gasteiger partial charge in [0.25, 0.3) is 0 Å².